The van der Waals surface area contributed by atoms with Crippen molar-refractivity contribution < 1.29 is 0 Å². The lowest BCUT2D eigenvalue weighted by atomic mass is 10.0. The normalized spacial score (nSPS) is 27.2. The number of hydrogen-bond donors (Lipinski definition) is 1. The Kier molecular flexibility index (Phi) is 1.97. The molecule has 0 aliphatic heterocycles. The molecule has 70 valence electrons. The van der Waals surface area contributed by atoms with E-state index in [9.17, 15) is 0 Å². The zero-order chi connectivity index (χ0) is 9.57. The summed E-state index contributed by atoms with van der Waals surface area (Å²) < 4.78 is 0. The van der Waals surface area contributed by atoms with Crippen molar-refractivity contribution in [2.75, 3.05) is 0 Å². The topological polar surface area (TPSA) is 38.4 Å². The molecule has 0 aromatic rings. The molecule has 0 amide bonds. The molecule has 0 radical (unpaired) electrons. The molecule has 1 aliphatic carbocycles. The molecule has 2 nitrogen and oxygen atoms in total. The zero-order valence-electron chi connectivity index (χ0n) is 8.81. The van der Waals surface area contributed by atoms with Crippen LogP contribution in [-0.2, 0) is 0 Å². The van der Waals surface area contributed by atoms with E-state index < -0.39 is 0 Å². The number of rotatable bonds is 2. The molecular formula is C10H20N2. The van der Waals surface area contributed by atoms with E-state index in [1.807, 2.05) is 6.92 Å². The largest absolute Gasteiger partial charge is 0.387 e. The SMILES string of the molecule is CCC(N)=NC1C(C)(C)C1(C)C. The first-order chi connectivity index (χ1) is 5.34. The molecule has 0 spiro atoms. The summed E-state index contributed by atoms with van der Waals surface area (Å²) in [6, 6.07) is 0.421. The van der Waals surface area contributed by atoms with Crippen molar-refractivity contribution >= 4 is 5.84 Å². The molecule has 2 N–H and O–H groups in total. The van der Waals surface area contributed by atoms with Gasteiger partial charge in [0.2, 0.25) is 0 Å². The summed E-state index contributed by atoms with van der Waals surface area (Å²) in [5.74, 6) is 0.790. The summed E-state index contributed by atoms with van der Waals surface area (Å²) in [5, 5.41) is 0. The fourth-order valence-corrected chi connectivity index (χ4v) is 1.74. The number of amidine groups is 1. The number of nitrogens with zero attached hydrogens (tertiary/aromatic N) is 1. The lowest BCUT2D eigenvalue weighted by Crippen LogP contribution is -2.12. The average Bonchev–Trinajstić information content (AvgIpc) is 2.32. The second kappa shape index (κ2) is 2.48. The van der Waals surface area contributed by atoms with Gasteiger partial charge in [-0.15, -0.1) is 0 Å². The van der Waals surface area contributed by atoms with E-state index >= 15 is 0 Å². The van der Waals surface area contributed by atoms with Crippen molar-refractivity contribution in [1.82, 2.24) is 0 Å². The summed E-state index contributed by atoms with van der Waals surface area (Å²) in [6.07, 6.45) is 0.864. The Bertz CT molecular complexity index is 200. The molecule has 0 heterocycles. The third-order valence-electron chi connectivity index (χ3n) is 3.60. The van der Waals surface area contributed by atoms with E-state index in [0.717, 1.165) is 12.3 Å². The first-order valence-electron chi connectivity index (χ1n) is 4.66. The molecule has 2 heteroatoms. The Labute approximate surface area is 75.3 Å². The molecule has 12 heavy (non-hydrogen) atoms. The lowest BCUT2D eigenvalue weighted by molar-refractivity contribution is 0.457. The summed E-state index contributed by atoms with van der Waals surface area (Å²) in [6.45, 7) is 11.1. The zero-order valence-corrected chi connectivity index (χ0v) is 8.81. The first kappa shape index (κ1) is 9.56. The predicted octanol–water partition coefficient (Wildman–Crippen LogP) is 2.19. The van der Waals surface area contributed by atoms with E-state index in [1.165, 1.54) is 0 Å². The summed E-state index contributed by atoms with van der Waals surface area (Å²) in [4.78, 5) is 4.51. The van der Waals surface area contributed by atoms with E-state index in [1.54, 1.807) is 0 Å². The highest BCUT2D eigenvalue weighted by Gasteiger charge is 2.65. The maximum atomic E-state index is 5.71. The first-order valence-corrected chi connectivity index (χ1v) is 4.66. The third-order valence-corrected chi connectivity index (χ3v) is 3.60. The van der Waals surface area contributed by atoms with Crippen LogP contribution in [0.3, 0.4) is 0 Å². The molecule has 0 aromatic heterocycles. The second-order valence-corrected chi connectivity index (χ2v) is 4.82. The molecule has 0 bridgehead atoms. The van der Waals surface area contributed by atoms with Gasteiger partial charge in [0.1, 0.15) is 0 Å². The van der Waals surface area contributed by atoms with Crippen molar-refractivity contribution in [2.45, 2.75) is 47.1 Å². The Morgan fingerprint density at radius 2 is 1.67 bits per heavy atom. The van der Waals surface area contributed by atoms with Crippen molar-refractivity contribution in [3.8, 4) is 0 Å². The molecule has 0 atom stereocenters. The number of nitrogens with two attached hydrogens (primary N) is 1. The van der Waals surface area contributed by atoms with Gasteiger partial charge in [-0.25, -0.2) is 0 Å². The van der Waals surface area contributed by atoms with E-state index in [2.05, 4.69) is 32.7 Å². The monoisotopic (exact) mass is 168 g/mol. The van der Waals surface area contributed by atoms with Crippen molar-refractivity contribution in [2.24, 2.45) is 21.6 Å². The van der Waals surface area contributed by atoms with Gasteiger partial charge in [-0.05, 0) is 10.8 Å². The van der Waals surface area contributed by atoms with Crippen LogP contribution in [0.4, 0.5) is 0 Å². The number of hydrogen-bond acceptors (Lipinski definition) is 1. The van der Waals surface area contributed by atoms with E-state index in [0.29, 0.717) is 16.9 Å². The Hall–Kier alpha value is -0.530. The Balaban J connectivity index is 2.72. The quantitative estimate of drug-likeness (QED) is 0.498. The van der Waals surface area contributed by atoms with Gasteiger partial charge < -0.3 is 5.73 Å². The van der Waals surface area contributed by atoms with Crippen molar-refractivity contribution in [1.29, 1.82) is 0 Å². The molecule has 1 aliphatic rings. The highest BCUT2D eigenvalue weighted by Crippen LogP contribution is 2.64. The summed E-state index contributed by atoms with van der Waals surface area (Å²) in [7, 11) is 0. The van der Waals surface area contributed by atoms with Crippen LogP contribution in [0.1, 0.15) is 41.0 Å². The van der Waals surface area contributed by atoms with Gasteiger partial charge in [0, 0.05) is 6.42 Å². The van der Waals surface area contributed by atoms with Crippen LogP contribution < -0.4 is 5.73 Å². The van der Waals surface area contributed by atoms with Gasteiger partial charge in [0.05, 0.1) is 11.9 Å². The minimum absolute atomic E-state index is 0.326. The van der Waals surface area contributed by atoms with Crippen LogP contribution in [0.2, 0.25) is 0 Å². The van der Waals surface area contributed by atoms with Crippen LogP contribution in [0.5, 0.6) is 0 Å². The lowest BCUT2D eigenvalue weighted by Gasteiger charge is -2.02. The van der Waals surface area contributed by atoms with Gasteiger partial charge in [-0.1, -0.05) is 34.6 Å². The minimum Gasteiger partial charge on any atom is -0.387 e. The second-order valence-electron chi connectivity index (χ2n) is 4.82. The van der Waals surface area contributed by atoms with Gasteiger partial charge in [-0.2, -0.15) is 0 Å². The average molecular weight is 168 g/mol. The van der Waals surface area contributed by atoms with Crippen LogP contribution >= 0.6 is 0 Å². The van der Waals surface area contributed by atoms with Gasteiger partial charge >= 0.3 is 0 Å². The highest BCUT2D eigenvalue weighted by atomic mass is 15.0. The predicted molar refractivity (Wildman–Crippen MR) is 53.3 cm³/mol. The van der Waals surface area contributed by atoms with Crippen LogP contribution in [0.15, 0.2) is 4.99 Å². The molecule has 0 saturated heterocycles. The van der Waals surface area contributed by atoms with Crippen LogP contribution in [-0.4, -0.2) is 11.9 Å². The van der Waals surface area contributed by atoms with Crippen LogP contribution in [0, 0.1) is 10.8 Å². The standard InChI is InChI=1S/C10H20N2/c1-6-7(11)12-8-9(2,3)10(8,4)5/h8H,6H2,1-5H3,(H2,11,12). The molecule has 1 saturated carbocycles. The molecule has 1 rings (SSSR count). The van der Waals surface area contributed by atoms with E-state index in [-0.39, 0.29) is 0 Å². The Morgan fingerprint density at radius 1 is 1.25 bits per heavy atom. The van der Waals surface area contributed by atoms with Crippen LogP contribution in [0.25, 0.3) is 0 Å². The fraction of sp³-hybridized carbons (Fsp3) is 0.900. The maximum Gasteiger partial charge on any atom is 0.0938 e. The number of aliphatic imine (C=N–C) groups is 1. The smallest absolute Gasteiger partial charge is 0.0938 e. The van der Waals surface area contributed by atoms with Crippen molar-refractivity contribution in [3.05, 3.63) is 0 Å². The van der Waals surface area contributed by atoms with E-state index in [4.69, 9.17) is 5.73 Å². The third kappa shape index (κ3) is 1.13. The molecule has 0 aromatic carbocycles. The summed E-state index contributed by atoms with van der Waals surface area (Å²) in [5.41, 5.74) is 6.36. The van der Waals surface area contributed by atoms with Gasteiger partial charge in [0.25, 0.3) is 0 Å². The molecule has 1 fully saturated rings. The molecule has 0 unspecified atom stereocenters. The Morgan fingerprint density at radius 3 is 1.92 bits per heavy atom. The molecular weight excluding hydrogens is 148 g/mol. The fourth-order valence-electron chi connectivity index (χ4n) is 1.74. The minimum atomic E-state index is 0.326. The van der Waals surface area contributed by atoms with Gasteiger partial charge in [0.15, 0.2) is 0 Å². The van der Waals surface area contributed by atoms with Crippen molar-refractivity contribution in [3.63, 3.8) is 0 Å². The van der Waals surface area contributed by atoms with Gasteiger partial charge in [-0.3, -0.25) is 4.99 Å². The highest BCUT2D eigenvalue weighted by molar-refractivity contribution is 5.80. The maximum absolute atomic E-state index is 5.71. The summed E-state index contributed by atoms with van der Waals surface area (Å²) >= 11 is 0.